The Bertz CT molecular complexity index is 289. The molecule has 0 radical (unpaired) electrons. The molecule has 1 rings (SSSR count). The fourth-order valence-corrected chi connectivity index (χ4v) is 2.19. The fraction of sp³-hybridized carbons (Fsp3) is 0.455. The number of halogens is 1. The van der Waals surface area contributed by atoms with Crippen molar-refractivity contribution in [2.45, 2.75) is 25.6 Å². The van der Waals surface area contributed by atoms with Gasteiger partial charge in [-0.05, 0) is 35.4 Å². The summed E-state index contributed by atoms with van der Waals surface area (Å²) in [7, 11) is 0. The predicted octanol–water partition coefficient (Wildman–Crippen LogP) is 2.93. The maximum Gasteiger partial charge on any atom is 0.123 e. The maximum atomic E-state index is 12.9. The van der Waals surface area contributed by atoms with Crippen molar-refractivity contribution in [1.82, 2.24) is 0 Å². The van der Waals surface area contributed by atoms with Crippen LogP contribution < -0.4 is 5.73 Å². The van der Waals surface area contributed by atoms with E-state index >= 15 is 0 Å². The van der Waals surface area contributed by atoms with Crippen molar-refractivity contribution in [2.75, 3.05) is 5.75 Å². The van der Waals surface area contributed by atoms with Crippen molar-refractivity contribution in [3.05, 3.63) is 35.1 Å². The molecule has 14 heavy (non-hydrogen) atoms. The molecule has 3 heteroatoms. The van der Waals surface area contributed by atoms with Crippen LogP contribution in [0, 0.1) is 5.82 Å². The van der Waals surface area contributed by atoms with Crippen molar-refractivity contribution in [1.29, 1.82) is 0 Å². The van der Waals surface area contributed by atoms with E-state index in [1.54, 1.807) is 0 Å². The first kappa shape index (κ1) is 11.5. The van der Waals surface area contributed by atoms with Gasteiger partial charge in [0, 0.05) is 12.3 Å². The molecular weight excluding hydrogens is 197 g/mol. The van der Waals surface area contributed by atoms with E-state index in [9.17, 15) is 4.39 Å². The van der Waals surface area contributed by atoms with Crippen LogP contribution in [0.4, 0.5) is 4.39 Å². The fourth-order valence-electron chi connectivity index (χ4n) is 1.25. The monoisotopic (exact) mass is 213 g/mol. The number of hydrogen-bond acceptors (Lipinski definition) is 2. The first-order valence-corrected chi connectivity index (χ1v) is 5.98. The molecule has 0 aliphatic heterocycles. The summed E-state index contributed by atoms with van der Waals surface area (Å²) in [6.07, 6.45) is 1.17. The molecule has 0 bridgehead atoms. The van der Waals surface area contributed by atoms with Gasteiger partial charge in [0.05, 0.1) is 0 Å². The topological polar surface area (TPSA) is 26.0 Å². The predicted molar refractivity (Wildman–Crippen MR) is 60.7 cm³/mol. The summed E-state index contributed by atoms with van der Waals surface area (Å²) in [5, 5.41) is 0. The van der Waals surface area contributed by atoms with Gasteiger partial charge in [-0.1, -0.05) is 13.0 Å². The van der Waals surface area contributed by atoms with Crippen LogP contribution in [0.5, 0.6) is 0 Å². The molecule has 0 aromatic heterocycles. The van der Waals surface area contributed by atoms with Crippen LogP contribution in [-0.4, -0.2) is 5.75 Å². The largest absolute Gasteiger partial charge is 0.326 e. The Balaban J connectivity index is 2.65. The minimum absolute atomic E-state index is 0.199. The molecule has 0 heterocycles. The second kappa shape index (κ2) is 6.04. The molecule has 0 amide bonds. The van der Waals surface area contributed by atoms with Gasteiger partial charge in [0.1, 0.15) is 5.82 Å². The highest BCUT2D eigenvalue weighted by Gasteiger charge is 2.02. The standard InChI is InChI=1S/C11H16FNS/c1-2-5-14-8-9-3-4-11(12)6-10(9)7-13/h3-4,6H,2,5,7-8,13H2,1H3. The molecular formula is C11H16FNS. The zero-order valence-electron chi connectivity index (χ0n) is 8.42. The highest BCUT2D eigenvalue weighted by Crippen LogP contribution is 2.18. The van der Waals surface area contributed by atoms with Gasteiger partial charge in [0.2, 0.25) is 0 Å². The van der Waals surface area contributed by atoms with E-state index < -0.39 is 0 Å². The molecule has 78 valence electrons. The van der Waals surface area contributed by atoms with Crippen LogP contribution in [0.1, 0.15) is 24.5 Å². The number of nitrogens with two attached hydrogens (primary N) is 1. The van der Waals surface area contributed by atoms with Crippen molar-refractivity contribution in [3.63, 3.8) is 0 Å². The van der Waals surface area contributed by atoms with E-state index in [0.717, 1.165) is 22.6 Å². The highest BCUT2D eigenvalue weighted by atomic mass is 32.2. The van der Waals surface area contributed by atoms with Gasteiger partial charge >= 0.3 is 0 Å². The van der Waals surface area contributed by atoms with Crippen molar-refractivity contribution >= 4 is 11.8 Å². The van der Waals surface area contributed by atoms with Gasteiger partial charge in [-0.15, -0.1) is 0 Å². The number of rotatable bonds is 5. The minimum Gasteiger partial charge on any atom is -0.326 e. The summed E-state index contributed by atoms with van der Waals surface area (Å²) in [6.45, 7) is 2.57. The van der Waals surface area contributed by atoms with Crippen LogP contribution in [0.15, 0.2) is 18.2 Å². The van der Waals surface area contributed by atoms with Crippen LogP contribution in [0.2, 0.25) is 0 Å². The Kier molecular flexibility index (Phi) is 4.98. The zero-order valence-corrected chi connectivity index (χ0v) is 9.24. The summed E-state index contributed by atoms with van der Waals surface area (Å²) in [5.41, 5.74) is 7.63. The molecule has 2 N–H and O–H groups in total. The Morgan fingerprint density at radius 2 is 2.14 bits per heavy atom. The third kappa shape index (κ3) is 3.31. The quantitative estimate of drug-likeness (QED) is 0.761. The molecule has 0 aliphatic rings. The Morgan fingerprint density at radius 1 is 1.36 bits per heavy atom. The van der Waals surface area contributed by atoms with Crippen LogP contribution in [-0.2, 0) is 12.3 Å². The van der Waals surface area contributed by atoms with Gasteiger partial charge in [-0.25, -0.2) is 4.39 Å². The van der Waals surface area contributed by atoms with Gasteiger partial charge in [-0.3, -0.25) is 0 Å². The summed E-state index contributed by atoms with van der Waals surface area (Å²) >= 11 is 1.86. The lowest BCUT2D eigenvalue weighted by molar-refractivity contribution is 0.624. The van der Waals surface area contributed by atoms with E-state index in [1.165, 1.54) is 18.6 Å². The highest BCUT2D eigenvalue weighted by molar-refractivity contribution is 7.98. The molecule has 0 saturated heterocycles. The van der Waals surface area contributed by atoms with Crippen LogP contribution >= 0.6 is 11.8 Å². The lowest BCUT2D eigenvalue weighted by atomic mass is 10.1. The second-order valence-corrected chi connectivity index (χ2v) is 4.27. The van der Waals surface area contributed by atoms with Crippen LogP contribution in [0.25, 0.3) is 0 Å². The molecule has 0 aliphatic carbocycles. The molecule has 0 spiro atoms. The molecule has 0 unspecified atom stereocenters. The molecule has 1 aromatic rings. The molecule has 0 saturated carbocycles. The van der Waals surface area contributed by atoms with Crippen molar-refractivity contribution < 1.29 is 4.39 Å². The van der Waals surface area contributed by atoms with E-state index in [4.69, 9.17) is 5.73 Å². The smallest absolute Gasteiger partial charge is 0.123 e. The Hall–Kier alpha value is -0.540. The van der Waals surface area contributed by atoms with Crippen molar-refractivity contribution in [3.8, 4) is 0 Å². The Labute approximate surface area is 88.9 Å². The van der Waals surface area contributed by atoms with E-state index in [1.807, 2.05) is 17.8 Å². The number of hydrogen-bond donors (Lipinski definition) is 1. The van der Waals surface area contributed by atoms with Gasteiger partial charge in [0.25, 0.3) is 0 Å². The van der Waals surface area contributed by atoms with Gasteiger partial charge < -0.3 is 5.73 Å². The van der Waals surface area contributed by atoms with Crippen molar-refractivity contribution in [2.24, 2.45) is 5.73 Å². The molecule has 0 atom stereocenters. The zero-order chi connectivity index (χ0) is 10.4. The normalized spacial score (nSPS) is 10.5. The van der Waals surface area contributed by atoms with Gasteiger partial charge in [-0.2, -0.15) is 11.8 Å². The molecule has 1 aromatic carbocycles. The number of benzene rings is 1. The third-order valence-corrected chi connectivity index (χ3v) is 3.21. The lowest BCUT2D eigenvalue weighted by Gasteiger charge is -2.07. The summed E-state index contributed by atoms with van der Waals surface area (Å²) in [5.74, 6) is 1.87. The lowest BCUT2D eigenvalue weighted by Crippen LogP contribution is -2.01. The third-order valence-electron chi connectivity index (χ3n) is 1.99. The minimum atomic E-state index is -0.199. The summed E-state index contributed by atoms with van der Waals surface area (Å²) < 4.78 is 12.9. The second-order valence-electron chi connectivity index (χ2n) is 3.17. The van der Waals surface area contributed by atoms with Crippen LogP contribution in [0.3, 0.4) is 0 Å². The van der Waals surface area contributed by atoms with E-state index in [2.05, 4.69) is 6.92 Å². The number of thioether (sulfide) groups is 1. The summed E-state index contributed by atoms with van der Waals surface area (Å²) in [6, 6.07) is 4.86. The first-order chi connectivity index (χ1) is 6.77. The molecule has 1 nitrogen and oxygen atoms in total. The molecule has 0 fully saturated rings. The summed E-state index contributed by atoms with van der Waals surface area (Å²) in [4.78, 5) is 0. The maximum absolute atomic E-state index is 12.9. The van der Waals surface area contributed by atoms with Gasteiger partial charge in [0.15, 0.2) is 0 Å². The van der Waals surface area contributed by atoms with E-state index in [-0.39, 0.29) is 5.82 Å². The Morgan fingerprint density at radius 3 is 2.79 bits per heavy atom. The first-order valence-electron chi connectivity index (χ1n) is 4.83. The SMILES string of the molecule is CCCSCc1ccc(F)cc1CN. The van der Waals surface area contributed by atoms with E-state index in [0.29, 0.717) is 6.54 Å². The average Bonchev–Trinajstić information content (AvgIpc) is 2.20. The average molecular weight is 213 g/mol.